The molecule has 7 nitrogen and oxygen atoms in total. The number of furan rings is 1. The molecular formula is C25H29FN4O3. The van der Waals surface area contributed by atoms with Gasteiger partial charge in [-0.2, -0.15) is 0 Å². The molecule has 1 aromatic heterocycles. The van der Waals surface area contributed by atoms with E-state index in [1.54, 1.807) is 25.5 Å². The third-order valence-electron chi connectivity index (χ3n) is 5.89. The molecule has 0 bridgehead atoms. The summed E-state index contributed by atoms with van der Waals surface area (Å²) in [5.74, 6) is 1.38. The fraction of sp³-hybridized carbons (Fsp3) is 0.320. The minimum atomic E-state index is -0.295. The molecule has 1 fully saturated rings. The summed E-state index contributed by atoms with van der Waals surface area (Å²) in [4.78, 5) is 17.0. The molecular weight excluding hydrogens is 423 g/mol. The molecule has 1 unspecified atom stereocenters. The van der Waals surface area contributed by atoms with Crippen LogP contribution >= 0.6 is 0 Å². The van der Waals surface area contributed by atoms with Crippen molar-refractivity contribution in [3.63, 3.8) is 0 Å². The van der Waals surface area contributed by atoms with Gasteiger partial charge in [-0.25, -0.2) is 9.18 Å². The lowest BCUT2D eigenvalue weighted by atomic mass is 10.1. The Kier molecular flexibility index (Phi) is 7.47. The lowest BCUT2D eigenvalue weighted by Gasteiger charge is -2.39. The van der Waals surface area contributed by atoms with Crippen LogP contribution in [0.4, 0.5) is 14.9 Å². The number of hydrogen-bond donors (Lipinski definition) is 2. The Morgan fingerprint density at radius 2 is 1.76 bits per heavy atom. The molecule has 0 saturated carbocycles. The van der Waals surface area contributed by atoms with Gasteiger partial charge in [-0.1, -0.05) is 12.1 Å². The maximum absolute atomic E-state index is 13.0. The van der Waals surface area contributed by atoms with Gasteiger partial charge in [0.25, 0.3) is 0 Å². The summed E-state index contributed by atoms with van der Waals surface area (Å²) in [5.41, 5.74) is 2.01. The number of halogens is 1. The van der Waals surface area contributed by atoms with Crippen molar-refractivity contribution >= 4 is 11.7 Å². The summed E-state index contributed by atoms with van der Waals surface area (Å²) in [6, 6.07) is 17.7. The highest BCUT2D eigenvalue weighted by atomic mass is 19.1. The van der Waals surface area contributed by atoms with Crippen LogP contribution in [0.25, 0.3) is 0 Å². The first kappa shape index (κ1) is 22.7. The number of nitrogens with zero attached hydrogens (tertiary/aromatic N) is 2. The van der Waals surface area contributed by atoms with Crippen LogP contribution in [-0.4, -0.2) is 50.8 Å². The second kappa shape index (κ2) is 10.9. The van der Waals surface area contributed by atoms with E-state index in [2.05, 4.69) is 32.6 Å². The van der Waals surface area contributed by atoms with E-state index in [4.69, 9.17) is 9.15 Å². The van der Waals surface area contributed by atoms with Gasteiger partial charge in [0.15, 0.2) is 0 Å². The van der Waals surface area contributed by atoms with Crippen molar-refractivity contribution in [3.05, 3.63) is 84.1 Å². The second-order valence-electron chi connectivity index (χ2n) is 7.94. The Morgan fingerprint density at radius 3 is 2.39 bits per heavy atom. The van der Waals surface area contributed by atoms with Crippen molar-refractivity contribution in [3.8, 4) is 5.75 Å². The summed E-state index contributed by atoms with van der Waals surface area (Å²) in [6.07, 6.45) is 1.66. The van der Waals surface area contributed by atoms with E-state index in [1.165, 1.54) is 17.8 Å². The van der Waals surface area contributed by atoms with Gasteiger partial charge in [0.2, 0.25) is 0 Å². The first-order chi connectivity index (χ1) is 16.1. The molecule has 174 valence electrons. The van der Waals surface area contributed by atoms with Crippen LogP contribution in [0.5, 0.6) is 5.75 Å². The summed E-state index contributed by atoms with van der Waals surface area (Å²) in [7, 11) is 1.67. The Balaban J connectivity index is 1.31. The SMILES string of the molecule is COc1ccc(N2CCN(C(CNC(=O)NCc3ccc(F)cc3)c3ccco3)CC2)cc1. The number of nitrogens with one attached hydrogen (secondary N) is 2. The normalized spacial score (nSPS) is 15.2. The molecule has 1 aliphatic heterocycles. The van der Waals surface area contributed by atoms with Gasteiger partial charge < -0.3 is 24.7 Å². The van der Waals surface area contributed by atoms with Crippen LogP contribution in [0.3, 0.4) is 0 Å². The van der Waals surface area contributed by atoms with Crippen LogP contribution in [0.15, 0.2) is 71.3 Å². The number of hydrogen-bond acceptors (Lipinski definition) is 5. The number of benzene rings is 2. The standard InChI is InChI=1S/C25H29FN4O3/c1-32-22-10-8-21(9-11-22)29-12-14-30(15-13-29)23(24-3-2-16-33-24)18-28-25(31)27-17-19-4-6-20(26)7-5-19/h2-11,16,23H,12-15,17-18H2,1H3,(H2,27,28,31). The van der Waals surface area contributed by atoms with Crippen molar-refractivity contribution in [1.82, 2.24) is 15.5 Å². The van der Waals surface area contributed by atoms with E-state index < -0.39 is 0 Å². The van der Waals surface area contributed by atoms with Crippen molar-refractivity contribution in [1.29, 1.82) is 0 Å². The molecule has 2 N–H and O–H groups in total. The van der Waals surface area contributed by atoms with Crippen molar-refractivity contribution in [2.24, 2.45) is 0 Å². The van der Waals surface area contributed by atoms with Gasteiger partial charge >= 0.3 is 6.03 Å². The molecule has 2 aromatic carbocycles. The number of carbonyl (C=O) groups is 1. The number of ether oxygens (including phenoxy) is 1. The molecule has 33 heavy (non-hydrogen) atoms. The van der Waals surface area contributed by atoms with E-state index in [1.807, 2.05) is 24.3 Å². The predicted octanol–water partition coefficient (Wildman–Crippen LogP) is 3.79. The number of anilines is 1. The molecule has 2 heterocycles. The summed E-state index contributed by atoms with van der Waals surface area (Å²) in [6.45, 7) is 4.19. The first-order valence-corrected chi connectivity index (χ1v) is 11.0. The van der Waals surface area contributed by atoms with Gasteiger partial charge in [0.1, 0.15) is 17.3 Å². The number of piperazine rings is 1. The van der Waals surface area contributed by atoms with Crippen molar-refractivity contribution in [2.75, 3.05) is 44.7 Å². The van der Waals surface area contributed by atoms with Crippen LogP contribution in [0.2, 0.25) is 0 Å². The fourth-order valence-corrected chi connectivity index (χ4v) is 4.01. The third-order valence-corrected chi connectivity index (χ3v) is 5.89. The molecule has 3 aromatic rings. The van der Waals surface area contributed by atoms with E-state index >= 15 is 0 Å². The smallest absolute Gasteiger partial charge is 0.315 e. The minimum absolute atomic E-state index is 0.0606. The number of urea groups is 1. The summed E-state index contributed by atoms with van der Waals surface area (Å²) in [5, 5.41) is 5.77. The first-order valence-electron chi connectivity index (χ1n) is 11.0. The topological polar surface area (TPSA) is 70.0 Å². The molecule has 0 aliphatic carbocycles. The van der Waals surface area contributed by atoms with E-state index in [-0.39, 0.29) is 17.9 Å². The van der Waals surface area contributed by atoms with Crippen molar-refractivity contribution in [2.45, 2.75) is 12.6 Å². The van der Waals surface area contributed by atoms with Crippen LogP contribution in [0.1, 0.15) is 17.4 Å². The molecule has 8 heteroatoms. The monoisotopic (exact) mass is 452 g/mol. The molecule has 1 atom stereocenters. The number of rotatable bonds is 8. The average molecular weight is 453 g/mol. The maximum atomic E-state index is 13.0. The van der Waals surface area contributed by atoms with Gasteiger partial charge in [0, 0.05) is 45.0 Å². The largest absolute Gasteiger partial charge is 0.497 e. The highest BCUT2D eigenvalue weighted by Gasteiger charge is 2.27. The Bertz CT molecular complexity index is 1000. The zero-order valence-corrected chi connectivity index (χ0v) is 18.7. The van der Waals surface area contributed by atoms with Gasteiger partial charge in [-0.05, 0) is 54.1 Å². The number of methoxy groups -OCH3 is 1. The third kappa shape index (κ3) is 6.04. The summed E-state index contributed by atoms with van der Waals surface area (Å²) >= 11 is 0. The van der Waals surface area contributed by atoms with Crippen LogP contribution < -0.4 is 20.3 Å². The van der Waals surface area contributed by atoms with Crippen molar-refractivity contribution < 1.29 is 18.3 Å². The number of amides is 2. The minimum Gasteiger partial charge on any atom is -0.497 e. The van der Waals surface area contributed by atoms with Gasteiger partial charge in [0.05, 0.1) is 19.4 Å². The molecule has 4 rings (SSSR count). The zero-order valence-electron chi connectivity index (χ0n) is 18.7. The fourth-order valence-electron chi connectivity index (χ4n) is 4.01. The molecule has 1 saturated heterocycles. The molecule has 1 aliphatic rings. The molecule has 0 spiro atoms. The highest BCUT2D eigenvalue weighted by Crippen LogP contribution is 2.25. The van der Waals surface area contributed by atoms with Gasteiger partial charge in [-0.15, -0.1) is 0 Å². The lowest BCUT2D eigenvalue weighted by Crippen LogP contribution is -2.50. The Labute approximate surface area is 193 Å². The summed E-state index contributed by atoms with van der Waals surface area (Å²) < 4.78 is 24.0. The van der Waals surface area contributed by atoms with E-state index in [9.17, 15) is 9.18 Å². The Hall–Kier alpha value is -3.52. The van der Waals surface area contributed by atoms with E-state index in [0.717, 1.165) is 43.3 Å². The highest BCUT2D eigenvalue weighted by molar-refractivity contribution is 5.73. The van der Waals surface area contributed by atoms with Crippen LogP contribution in [-0.2, 0) is 6.54 Å². The number of carbonyl (C=O) groups excluding carboxylic acids is 1. The predicted molar refractivity (Wildman–Crippen MR) is 125 cm³/mol. The van der Waals surface area contributed by atoms with Crippen LogP contribution in [0, 0.1) is 5.82 Å². The maximum Gasteiger partial charge on any atom is 0.315 e. The Morgan fingerprint density at radius 1 is 1.03 bits per heavy atom. The quantitative estimate of drug-likeness (QED) is 0.544. The lowest BCUT2D eigenvalue weighted by molar-refractivity contribution is 0.161. The van der Waals surface area contributed by atoms with Gasteiger partial charge in [-0.3, -0.25) is 4.90 Å². The molecule has 0 radical (unpaired) electrons. The van der Waals surface area contributed by atoms with E-state index in [0.29, 0.717) is 13.1 Å². The zero-order chi connectivity index (χ0) is 23.0. The average Bonchev–Trinajstić information content (AvgIpc) is 3.39. The second-order valence-corrected chi connectivity index (χ2v) is 7.94. The molecule has 2 amide bonds.